The van der Waals surface area contributed by atoms with Crippen molar-refractivity contribution in [3.8, 4) is 5.75 Å². The maximum absolute atomic E-state index is 5.80. The van der Waals surface area contributed by atoms with E-state index in [1.165, 1.54) is 5.56 Å². The average Bonchev–Trinajstić information content (AvgIpc) is 2.27. The van der Waals surface area contributed by atoms with Crippen molar-refractivity contribution in [2.45, 2.75) is 46.5 Å². The lowest BCUT2D eigenvalue weighted by atomic mass is 10.0. The fourth-order valence-electron chi connectivity index (χ4n) is 1.66. The average molecular weight is 221 g/mol. The smallest absolute Gasteiger partial charge is 0.202 e. The van der Waals surface area contributed by atoms with Gasteiger partial charge in [0.05, 0.1) is 6.61 Å². The summed E-state index contributed by atoms with van der Waals surface area (Å²) >= 11 is 0. The fraction of sp³-hybridized carbons (Fsp3) is 0.615. The van der Waals surface area contributed by atoms with Crippen LogP contribution in [0.3, 0.4) is 0 Å². The molecule has 1 unspecified atom stereocenters. The highest BCUT2D eigenvalue weighted by atomic mass is 16.7. The van der Waals surface area contributed by atoms with E-state index < -0.39 is 0 Å². The van der Waals surface area contributed by atoms with Crippen LogP contribution < -0.4 is 4.74 Å². The van der Waals surface area contributed by atoms with Crippen LogP contribution in [-0.2, 0) is 11.3 Å². The zero-order valence-electron chi connectivity index (χ0n) is 10.4. The lowest BCUT2D eigenvalue weighted by Gasteiger charge is -2.28. The van der Waals surface area contributed by atoms with Crippen molar-refractivity contribution in [2.75, 3.05) is 0 Å². The highest BCUT2D eigenvalue weighted by Gasteiger charge is 2.24. The van der Waals surface area contributed by atoms with Crippen molar-refractivity contribution in [3.05, 3.63) is 23.5 Å². The van der Waals surface area contributed by atoms with Crippen LogP contribution in [0.5, 0.6) is 5.75 Å². The fourth-order valence-corrected chi connectivity index (χ4v) is 1.66. The van der Waals surface area contributed by atoms with Crippen LogP contribution >= 0.6 is 0 Å². The van der Waals surface area contributed by atoms with E-state index in [4.69, 9.17) is 9.47 Å². The maximum atomic E-state index is 5.80. The van der Waals surface area contributed by atoms with E-state index in [-0.39, 0.29) is 6.29 Å². The van der Waals surface area contributed by atoms with Gasteiger partial charge in [-0.2, -0.15) is 0 Å². The molecule has 1 atom stereocenters. The van der Waals surface area contributed by atoms with E-state index in [1.54, 1.807) is 0 Å². The molecule has 0 bridgehead atoms. The molecule has 0 saturated carbocycles. The number of pyridine rings is 1. The van der Waals surface area contributed by atoms with Crippen molar-refractivity contribution in [3.63, 3.8) is 0 Å². The second-order valence-corrected chi connectivity index (χ2v) is 4.91. The second-order valence-electron chi connectivity index (χ2n) is 4.91. The highest BCUT2D eigenvalue weighted by molar-refractivity contribution is 5.33. The number of hydrogen-bond donors (Lipinski definition) is 0. The summed E-state index contributed by atoms with van der Waals surface area (Å²) in [4.78, 5) is 4.38. The van der Waals surface area contributed by atoms with Gasteiger partial charge in [0, 0.05) is 12.1 Å². The van der Waals surface area contributed by atoms with Crippen molar-refractivity contribution < 1.29 is 9.47 Å². The first kappa shape index (κ1) is 11.4. The molecule has 2 heterocycles. The standard InChI is InChI=1S/C13H19NO2/c1-8(2)10-5-12-11(14-6-10)7-15-13(16-12)9(3)4/h5-6,8-9,13H,7H2,1-4H3. The molecule has 1 aromatic heterocycles. The number of ether oxygens (including phenoxy) is 2. The molecule has 1 aromatic rings. The molecule has 3 heteroatoms. The van der Waals surface area contributed by atoms with E-state index in [1.807, 2.05) is 6.20 Å². The maximum Gasteiger partial charge on any atom is 0.202 e. The summed E-state index contributed by atoms with van der Waals surface area (Å²) in [5, 5.41) is 0. The van der Waals surface area contributed by atoms with Gasteiger partial charge < -0.3 is 9.47 Å². The molecule has 1 aliphatic rings. The van der Waals surface area contributed by atoms with E-state index in [0.717, 1.165) is 11.4 Å². The van der Waals surface area contributed by atoms with Gasteiger partial charge in [-0.25, -0.2) is 0 Å². The van der Waals surface area contributed by atoms with Gasteiger partial charge in [-0.15, -0.1) is 0 Å². The van der Waals surface area contributed by atoms with E-state index in [0.29, 0.717) is 18.4 Å². The Kier molecular flexibility index (Phi) is 3.15. The van der Waals surface area contributed by atoms with Crippen molar-refractivity contribution in [1.29, 1.82) is 0 Å². The summed E-state index contributed by atoms with van der Waals surface area (Å²) in [6.45, 7) is 9.05. The Morgan fingerprint density at radius 2 is 2.06 bits per heavy atom. The molecule has 88 valence electrons. The molecule has 0 aromatic carbocycles. The van der Waals surface area contributed by atoms with Gasteiger partial charge in [0.2, 0.25) is 6.29 Å². The molecule has 1 aliphatic heterocycles. The first-order chi connectivity index (χ1) is 7.58. The normalized spacial score (nSPS) is 19.8. The predicted octanol–water partition coefficient (Wildman–Crippen LogP) is 3.10. The minimum absolute atomic E-state index is 0.142. The first-order valence-corrected chi connectivity index (χ1v) is 5.85. The van der Waals surface area contributed by atoms with Crippen LogP contribution in [0.25, 0.3) is 0 Å². The Bertz CT molecular complexity index is 374. The lowest BCUT2D eigenvalue weighted by Crippen LogP contribution is -2.30. The van der Waals surface area contributed by atoms with Gasteiger partial charge in [0.25, 0.3) is 0 Å². The van der Waals surface area contributed by atoms with Crippen LogP contribution in [0.2, 0.25) is 0 Å². The van der Waals surface area contributed by atoms with Crippen LogP contribution in [0.1, 0.15) is 44.9 Å². The second kappa shape index (κ2) is 4.42. The number of fused-ring (bicyclic) bond motifs is 1. The molecule has 0 spiro atoms. The Morgan fingerprint density at radius 3 is 2.69 bits per heavy atom. The lowest BCUT2D eigenvalue weighted by molar-refractivity contribution is -0.134. The molecule has 0 fully saturated rings. The summed E-state index contributed by atoms with van der Waals surface area (Å²) in [7, 11) is 0. The molecular formula is C13H19NO2. The third-order valence-corrected chi connectivity index (χ3v) is 2.79. The summed E-state index contributed by atoms with van der Waals surface area (Å²) in [6, 6.07) is 2.09. The Hall–Kier alpha value is -1.09. The summed E-state index contributed by atoms with van der Waals surface area (Å²) in [5.74, 6) is 1.72. The minimum atomic E-state index is -0.142. The Balaban J connectivity index is 2.25. The third kappa shape index (κ3) is 2.19. The van der Waals surface area contributed by atoms with Crippen molar-refractivity contribution >= 4 is 0 Å². The van der Waals surface area contributed by atoms with Gasteiger partial charge in [0.1, 0.15) is 11.4 Å². The van der Waals surface area contributed by atoms with Crippen LogP contribution in [0.4, 0.5) is 0 Å². The molecule has 0 N–H and O–H groups in total. The number of rotatable bonds is 2. The topological polar surface area (TPSA) is 31.4 Å². The van der Waals surface area contributed by atoms with Gasteiger partial charge >= 0.3 is 0 Å². The van der Waals surface area contributed by atoms with E-state index in [2.05, 4.69) is 38.7 Å². The summed E-state index contributed by atoms with van der Waals surface area (Å²) < 4.78 is 11.4. The van der Waals surface area contributed by atoms with Crippen LogP contribution in [0.15, 0.2) is 12.3 Å². The largest absolute Gasteiger partial charge is 0.463 e. The number of nitrogens with zero attached hydrogens (tertiary/aromatic N) is 1. The molecule has 2 rings (SSSR count). The minimum Gasteiger partial charge on any atom is -0.463 e. The zero-order valence-corrected chi connectivity index (χ0v) is 10.4. The van der Waals surface area contributed by atoms with Crippen LogP contribution in [-0.4, -0.2) is 11.3 Å². The number of aromatic nitrogens is 1. The van der Waals surface area contributed by atoms with Crippen molar-refractivity contribution in [1.82, 2.24) is 4.98 Å². The SMILES string of the molecule is CC(C)c1cnc2c(c1)OC(C(C)C)OC2. The van der Waals surface area contributed by atoms with Gasteiger partial charge in [-0.05, 0) is 17.5 Å². The summed E-state index contributed by atoms with van der Waals surface area (Å²) in [6.07, 6.45) is 1.77. The Labute approximate surface area is 96.8 Å². The molecule has 0 amide bonds. The molecule has 0 saturated heterocycles. The van der Waals surface area contributed by atoms with E-state index >= 15 is 0 Å². The van der Waals surface area contributed by atoms with Crippen LogP contribution in [0, 0.1) is 5.92 Å². The van der Waals surface area contributed by atoms with Gasteiger partial charge in [-0.3, -0.25) is 4.98 Å². The summed E-state index contributed by atoms with van der Waals surface area (Å²) in [5.41, 5.74) is 2.12. The van der Waals surface area contributed by atoms with Crippen molar-refractivity contribution in [2.24, 2.45) is 5.92 Å². The molecular weight excluding hydrogens is 202 g/mol. The molecule has 16 heavy (non-hydrogen) atoms. The zero-order chi connectivity index (χ0) is 11.7. The van der Waals surface area contributed by atoms with Gasteiger partial charge in [0.15, 0.2) is 0 Å². The highest BCUT2D eigenvalue weighted by Crippen LogP contribution is 2.29. The molecule has 3 nitrogen and oxygen atoms in total. The predicted molar refractivity (Wildman–Crippen MR) is 62.4 cm³/mol. The number of hydrogen-bond acceptors (Lipinski definition) is 3. The molecule has 0 aliphatic carbocycles. The first-order valence-electron chi connectivity index (χ1n) is 5.85. The molecule has 0 radical (unpaired) electrons. The van der Waals surface area contributed by atoms with Gasteiger partial charge in [-0.1, -0.05) is 27.7 Å². The van der Waals surface area contributed by atoms with E-state index in [9.17, 15) is 0 Å². The Morgan fingerprint density at radius 1 is 1.31 bits per heavy atom. The third-order valence-electron chi connectivity index (χ3n) is 2.79. The monoisotopic (exact) mass is 221 g/mol. The quantitative estimate of drug-likeness (QED) is 0.769.